The zero-order valence-corrected chi connectivity index (χ0v) is 22.6. The van der Waals surface area contributed by atoms with Crippen LogP contribution < -0.4 is 7.16 Å². The molecule has 3 rings (SSSR count). The second kappa shape index (κ2) is 7.71. The Labute approximate surface area is 167 Å². The standard InChI is InChI=1S/C18H12.6CH3.2Sn/c1-3-8-15(9-4-1)17-12-7-13-18(14-17)16-10-5-2-6-11-16;;;;;;;;/h1-3,5,7-14H;6*1H3;;. The van der Waals surface area contributed by atoms with Gasteiger partial charge < -0.3 is 0 Å². The molecule has 0 aliphatic heterocycles. The van der Waals surface area contributed by atoms with Gasteiger partial charge >= 0.3 is 169 Å². The molecule has 0 aliphatic rings. The van der Waals surface area contributed by atoms with Gasteiger partial charge in [0, 0.05) is 0 Å². The minimum absolute atomic E-state index is 1.32. The van der Waals surface area contributed by atoms with Crippen LogP contribution >= 0.6 is 0 Å². The number of benzene rings is 3. The molecule has 3 aromatic carbocycles. The first-order chi connectivity index (χ1) is 12.1. The molecular weight excluding hydrogens is 526 g/mol. The van der Waals surface area contributed by atoms with Crippen LogP contribution in [0.1, 0.15) is 0 Å². The molecule has 0 saturated carbocycles. The Morgan fingerprint density at radius 3 is 1.08 bits per heavy atom. The SMILES string of the molecule is [CH3][Sn]([CH3])([CH3])[c]1cccc(-c2cccc(-c3ccc[c]([Sn]([CH3])([CH3])[CH3])c3)c2)c1. The summed E-state index contributed by atoms with van der Waals surface area (Å²) in [5.41, 5.74) is 5.35. The van der Waals surface area contributed by atoms with Crippen LogP contribution in [0.3, 0.4) is 0 Å². The van der Waals surface area contributed by atoms with Crippen LogP contribution in [0.5, 0.6) is 0 Å². The van der Waals surface area contributed by atoms with Gasteiger partial charge in [-0.2, -0.15) is 0 Å². The van der Waals surface area contributed by atoms with Crippen molar-refractivity contribution >= 4 is 43.9 Å². The molecule has 26 heavy (non-hydrogen) atoms. The van der Waals surface area contributed by atoms with Crippen molar-refractivity contribution in [2.45, 2.75) is 29.6 Å². The Bertz CT molecular complexity index is 839. The van der Waals surface area contributed by atoms with Crippen LogP contribution in [-0.4, -0.2) is 36.8 Å². The van der Waals surface area contributed by atoms with Crippen molar-refractivity contribution in [1.29, 1.82) is 0 Å². The average Bonchev–Trinajstić information content (AvgIpc) is 2.61. The fourth-order valence-electron chi connectivity index (χ4n) is 3.21. The molecule has 0 nitrogen and oxygen atoms in total. The van der Waals surface area contributed by atoms with Crippen LogP contribution in [0.15, 0.2) is 72.8 Å². The maximum atomic E-state index is 2.48. The van der Waals surface area contributed by atoms with Gasteiger partial charge in [-0.1, -0.05) is 0 Å². The minimum atomic E-state index is -2.05. The Hall–Kier alpha value is -0.743. The van der Waals surface area contributed by atoms with Gasteiger partial charge in [-0.05, 0) is 0 Å². The van der Waals surface area contributed by atoms with E-state index in [4.69, 9.17) is 0 Å². The van der Waals surface area contributed by atoms with E-state index in [2.05, 4.69) is 102 Å². The fraction of sp³-hybridized carbons (Fsp3) is 0.250. The Balaban J connectivity index is 2.03. The van der Waals surface area contributed by atoms with Gasteiger partial charge in [0.15, 0.2) is 0 Å². The Morgan fingerprint density at radius 2 is 0.731 bits per heavy atom. The Kier molecular flexibility index (Phi) is 5.93. The molecule has 0 aliphatic carbocycles. The summed E-state index contributed by atoms with van der Waals surface area (Å²) in [4.78, 5) is 14.9. The third-order valence-corrected chi connectivity index (χ3v) is 16.6. The van der Waals surface area contributed by atoms with Gasteiger partial charge in [0.1, 0.15) is 0 Å². The molecule has 3 aromatic rings. The fourth-order valence-corrected chi connectivity index (χ4v) is 9.97. The molecule has 0 saturated heterocycles. The summed E-state index contributed by atoms with van der Waals surface area (Å²) in [7, 11) is 0. The molecule has 0 radical (unpaired) electrons. The zero-order valence-electron chi connectivity index (χ0n) is 16.9. The van der Waals surface area contributed by atoms with Crippen LogP contribution in [0.4, 0.5) is 0 Å². The summed E-state index contributed by atoms with van der Waals surface area (Å²) in [6.07, 6.45) is 0. The molecule has 0 N–H and O–H groups in total. The molecule has 0 aromatic heterocycles. The van der Waals surface area contributed by atoms with Gasteiger partial charge in [0.2, 0.25) is 0 Å². The predicted molar refractivity (Wildman–Crippen MR) is 123 cm³/mol. The molecule has 0 atom stereocenters. The van der Waals surface area contributed by atoms with Gasteiger partial charge in [0.25, 0.3) is 0 Å². The summed E-state index contributed by atoms with van der Waals surface area (Å²) in [6, 6.07) is 27.5. The molecule has 0 fully saturated rings. The second-order valence-electron chi connectivity index (χ2n) is 9.24. The van der Waals surface area contributed by atoms with Crippen molar-refractivity contribution in [2.75, 3.05) is 0 Å². The van der Waals surface area contributed by atoms with Crippen LogP contribution in [0.25, 0.3) is 22.3 Å². The van der Waals surface area contributed by atoms with Gasteiger partial charge in [-0.15, -0.1) is 0 Å². The third kappa shape index (κ3) is 4.75. The normalized spacial score (nSPS) is 12.2. The Morgan fingerprint density at radius 1 is 0.423 bits per heavy atom. The third-order valence-electron chi connectivity index (χ3n) is 4.99. The van der Waals surface area contributed by atoms with E-state index in [1.54, 1.807) is 7.16 Å². The van der Waals surface area contributed by atoms with E-state index >= 15 is 0 Å². The first-order valence-corrected chi connectivity index (χ1v) is 29.4. The van der Waals surface area contributed by atoms with Crippen LogP contribution in [0, 0.1) is 0 Å². The van der Waals surface area contributed by atoms with Gasteiger partial charge in [-0.25, -0.2) is 0 Å². The average molecular weight is 556 g/mol. The first-order valence-electron chi connectivity index (χ1n) is 9.46. The summed E-state index contributed by atoms with van der Waals surface area (Å²) < 4.78 is 3.18. The molecule has 0 heterocycles. The van der Waals surface area contributed by atoms with Crippen molar-refractivity contribution in [3.05, 3.63) is 72.8 Å². The first kappa shape index (κ1) is 20.0. The second-order valence-corrected chi connectivity index (χ2v) is 38.2. The summed E-state index contributed by atoms with van der Waals surface area (Å²) in [5, 5.41) is 0. The van der Waals surface area contributed by atoms with Gasteiger partial charge in [0.05, 0.1) is 0 Å². The van der Waals surface area contributed by atoms with E-state index in [-0.39, 0.29) is 0 Å². The zero-order chi connectivity index (χ0) is 18.9. The van der Waals surface area contributed by atoms with E-state index in [9.17, 15) is 0 Å². The number of rotatable bonds is 4. The van der Waals surface area contributed by atoms with E-state index in [0.717, 1.165) is 0 Å². The molecule has 134 valence electrons. The maximum absolute atomic E-state index is 2.48. The van der Waals surface area contributed by atoms with Crippen molar-refractivity contribution in [3.63, 3.8) is 0 Å². The van der Waals surface area contributed by atoms with Gasteiger partial charge in [-0.3, -0.25) is 0 Å². The van der Waals surface area contributed by atoms with E-state index < -0.39 is 36.8 Å². The molecule has 0 unspecified atom stereocenters. The number of hydrogen-bond donors (Lipinski definition) is 0. The summed E-state index contributed by atoms with van der Waals surface area (Å²) in [6.45, 7) is 0. The predicted octanol–water partition coefficient (Wildman–Crippen LogP) is 6.11. The van der Waals surface area contributed by atoms with E-state index in [1.165, 1.54) is 22.3 Å². The quantitative estimate of drug-likeness (QED) is 0.341. The molecule has 0 bridgehead atoms. The summed E-state index contributed by atoms with van der Waals surface area (Å²) in [5.74, 6) is 0. The monoisotopic (exact) mass is 558 g/mol. The summed E-state index contributed by atoms with van der Waals surface area (Å²) >= 11 is -4.09. The van der Waals surface area contributed by atoms with E-state index in [0.29, 0.717) is 0 Å². The van der Waals surface area contributed by atoms with Crippen molar-refractivity contribution in [1.82, 2.24) is 0 Å². The topological polar surface area (TPSA) is 0 Å². The van der Waals surface area contributed by atoms with Crippen LogP contribution in [-0.2, 0) is 0 Å². The van der Waals surface area contributed by atoms with Crippen molar-refractivity contribution in [2.24, 2.45) is 0 Å². The molecule has 2 heteroatoms. The molecule has 0 amide bonds. The molecular formula is C24H30Sn2. The van der Waals surface area contributed by atoms with E-state index in [1.807, 2.05) is 0 Å². The van der Waals surface area contributed by atoms with Crippen molar-refractivity contribution < 1.29 is 0 Å². The van der Waals surface area contributed by atoms with Crippen LogP contribution in [0.2, 0.25) is 29.6 Å². The number of hydrogen-bond acceptors (Lipinski definition) is 0. The van der Waals surface area contributed by atoms with Crippen molar-refractivity contribution in [3.8, 4) is 22.3 Å². The molecule has 0 spiro atoms.